The average Bonchev–Trinajstić information content (AvgIpc) is 2.88. The predicted molar refractivity (Wildman–Crippen MR) is 83.8 cm³/mol. The summed E-state index contributed by atoms with van der Waals surface area (Å²) in [7, 11) is 0. The number of thiazole rings is 1. The van der Waals surface area contributed by atoms with Gasteiger partial charge in [-0.3, -0.25) is 4.79 Å². The number of hydrogen-bond acceptors (Lipinski definition) is 6. The Bertz CT molecular complexity index is 663. The van der Waals surface area contributed by atoms with E-state index >= 15 is 0 Å². The van der Waals surface area contributed by atoms with Crippen LogP contribution in [0.5, 0.6) is 0 Å². The third-order valence-electron chi connectivity index (χ3n) is 3.45. The molecule has 2 atom stereocenters. The fraction of sp³-hybridized carbons (Fsp3) is 0.467. The fourth-order valence-corrected chi connectivity index (χ4v) is 3.57. The molecule has 22 heavy (non-hydrogen) atoms. The molecule has 1 amide bonds. The van der Waals surface area contributed by atoms with Crippen molar-refractivity contribution in [3.63, 3.8) is 0 Å². The van der Waals surface area contributed by atoms with Crippen molar-refractivity contribution >= 4 is 17.2 Å². The zero-order chi connectivity index (χ0) is 15.7. The van der Waals surface area contributed by atoms with E-state index in [9.17, 15) is 4.79 Å². The largest absolute Gasteiger partial charge is 0.372 e. The topological polar surface area (TPSA) is 68.2 Å². The van der Waals surface area contributed by atoms with E-state index in [1.54, 1.807) is 18.5 Å². The molecule has 7 heteroatoms. The smallest absolute Gasteiger partial charge is 0.266 e. The summed E-state index contributed by atoms with van der Waals surface area (Å²) in [4.78, 5) is 28.1. The number of carbonyl (C=O) groups excluding carboxylic acids is 1. The molecule has 0 bridgehead atoms. The Morgan fingerprint density at radius 2 is 1.91 bits per heavy atom. The van der Waals surface area contributed by atoms with Gasteiger partial charge in [0.05, 0.1) is 17.9 Å². The molecule has 116 valence electrons. The van der Waals surface area contributed by atoms with E-state index in [1.165, 1.54) is 11.3 Å². The molecule has 1 fully saturated rings. The van der Waals surface area contributed by atoms with E-state index in [1.807, 2.05) is 25.7 Å². The van der Waals surface area contributed by atoms with Gasteiger partial charge in [0, 0.05) is 25.5 Å². The minimum absolute atomic E-state index is 0.0131. The van der Waals surface area contributed by atoms with Crippen molar-refractivity contribution < 1.29 is 9.53 Å². The zero-order valence-corrected chi connectivity index (χ0v) is 13.6. The number of ether oxygens (including phenoxy) is 1. The molecule has 6 nitrogen and oxygen atoms in total. The molecular weight excluding hydrogens is 300 g/mol. The molecule has 1 aliphatic heterocycles. The van der Waals surface area contributed by atoms with Gasteiger partial charge in [-0.1, -0.05) is 0 Å². The highest BCUT2D eigenvalue weighted by atomic mass is 32.1. The van der Waals surface area contributed by atoms with E-state index in [2.05, 4.69) is 15.0 Å². The van der Waals surface area contributed by atoms with Gasteiger partial charge in [-0.15, -0.1) is 11.3 Å². The van der Waals surface area contributed by atoms with Crippen molar-refractivity contribution in [2.24, 2.45) is 0 Å². The number of aryl methyl sites for hydroxylation is 1. The van der Waals surface area contributed by atoms with Gasteiger partial charge >= 0.3 is 0 Å². The van der Waals surface area contributed by atoms with Crippen molar-refractivity contribution in [2.75, 3.05) is 13.1 Å². The minimum Gasteiger partial charge on any atom is -0.372 e. The highest BCUT2D eigenvalue weighted by molar-refractivity contribution is 7.17. The van der Waals surface area contributed by atoms with Crippen LogP contribution in [0.25, 0.3) is 10.8 Å². The number of nitrogens with zero attached hydrogens (tertiary/aromatic N) is 4. The summed E-state index contributed by atoms with van der Waals surface area (Å²) in [6, 6.07) is 1.76. The first kappa shape index (κ1) is 15.1. The summed E-state index contributed by atoms with van der Waals surface area (Å²) in [5.74, 6) is 0.567. The number of morpholine rings is 1. The summed E-state index contributed by atoms with van der Waals surface area (Å²) >= 11 is 1.35. The molecule has 1 aliphatic rings. The van der Waals surface area contributed by atoms with E-state index < -0.39 is 0 Å². The molecule has 0 saturated carbocycles. The highest BCUT2D eigenvalue weighted by Gasteiger charge is 2.29. The normalized spacial score (nSPS) is 21.9. The van der Waals surface area contributed by atoms with Crippen LogP contribution in [0, 0.1) is 6.92 Å². The van der Waals surface area contributed by atoms with Crippen LogP contribution in [0.15, 0.2) is 18.5 Å². The zero-order valence-electron chi connectivity index (χ0n) is 12.8. The van der Waals surface area contributed by atoms with E-state index in [0.29, 0.717) is 28.8 Å². The molecular formula is C15H18N4O2S. The van der Waals surface area contributed by atoms with Crippen molar-refractivity contribution in [2.45, 2.75) is 33.0 Å². The first-order valence-corrected chi connectivity index (χ1v) is 8.06. The van der Waals surface area contributed by atoms with Crippen LogP contribution in [0.4, 0.5) is 0 Å². The van der Waals surface area contributed by atoms with Crippen molar-refractivity contribution in [3.05, 3.63) is 29.0 Å². The lowest BCUT2D eigenvalue weighted by Gasteiger charge is -2.35. The van der Waals surface area contributed by atoms with Crippen LogP contribution < -0.4 is 0 Å². The molecule has 2 aromatic heterocycles. The van der Waals surface area contributed by atoms with Gasteiger partial charge in [0.1, 0.15) is 4.88 Å². The molecule has 3 heterocycles. The van der Waals surface area contributed by atoms with E-state index in [4.69, 9.17) is 4.74 Å². The van der Waals surface area contributed by atoms with Crippen molar-refractivity contribution in [3.8, 4) is 10.8 Å². The van der Waals surface area contributed by atoms with Crippen LogP contribution in [-0.4, -0.2) is 51.1 Å². The number of carbonyl (C=O) groups is 1. The number of aromatic nitrogens is 3. The number of hydrogen-bond donors (Lipinski definition) is 0. The molecule has 0 aliphatic carbocycles. The summed E-state index contributed by atoms with van der Waals surface area (Å²) < 4.78 is 5.68. The van der Waals surface area contributed by atoms with E-state index in [0.717, 1.165) is 5.69 Å². The van der Waals surface area contributed by atoms with Gasteiger partial charge in [-0.05, 0) is 26.8 Å². The minimum atomic E-state index is 0.0131. The van der Waals surface area contributed by atoms with Crippen molar-refractivity contribution in [1.82, 2.24) is 19.9 Å². The fourth-order valence-electron chi connectivity index (χ4n) is 2.59. The second-order valence-electron chi connectivity index (χ2n) is 5.47. The molecule has 0 spiro atoms. The van der Waals surface area contributed by atoms with Gasteiger partial charge < -0.3 is 9.64 Å². The van der Waals surface area contributed by atoms with Crippen LogP contribution in [0.1, 0.15) is 29.2 Å². The van der Waals surface area contributed by atoms with Gasteiger partial charge in [-0.2, -0.15) is 0 Å². The maximum absolute atomic E-state index is 12.8. The van der Waals surface area contributed by atoms with E-state index in [-0.39, 0.29) is 18.1 Å². The monoisotopic (exact) mass is 318 g/mol. The Balaban J connectivity index is 1.86. The SMILES string of the molecule is Cc1nc(-c2ncccn2)sc1C(=O)N1C[C@@H](C)O[C@H](C)C1. The Morgan fingerprint density at radius 3 is 2.55 bits per heavy atom. The summed E-state index contributed by atoms with van der Waals surface area (Å²) in [5.41, 5.74) is 0.726. The first-order chi connectivity index (χ1) is 10.5. The molecule has 1 saturated heterocycles. The Kier molecular flexibility index (Phi) is 4.17. The molecule has 0 N–H and O–H groups in total. The average molecular weight is 318 g/mol. The predicted octanol–water partition coefficient (Wildman–Crippen LogP) is 2.16. The van der Waals surface area contributed by atoms with Crippen LogP contribution in [0.3, 0.4) is 0 Å². The second kappa shape index (κ2) is 6.10. The third-order valence-corrected chi connectivity index (χ3v) is 4.60. The number of rotatable bonds is 2. The molecule has 3 rings (SSSR count). The Morgan fingerprint density at radius 1 is 1.27 bits per heavy atom. The van der Waals surface area contributed by atoms with Gasteiger partial charge in [0.25, 0.3) is 5.91 Å². The molecule has 0 aromatic carbocycles. The lowest BCUT2D eigenvalue weighted by Crippen LogP contribution is -2.48. The van der Waals surface area contributed by atoms with Crippen LogP contribution in [-0.2, 0) is 4.74 Å². The highest BCUT2D eigenvalue weighted by Crippen LogP contribution is 2.27. The Labute approximate surface area is 133 Å². The summed E-state index contributed by atoms with van der Waals surface area (Å²) in [6.45, 7) is 7.04. The van der Waals surface area contributed by atoms with Crippen molar-refractivity contribution in [1.29, 1.82) is 0 Å². The maximum atomic E-state index is 12.8. The first-order valence-electron chi connectivity index (χ1n) is 7.24. The van der Waals surface area contributed by atoms with Gasteiger partial charge in [-0.25, -0.2) is 15.0 Å². The van der Waals surface area contributed by atoms with Crippen LogP contribution >= 0.6 is 11.3 Å². The summed E-state index contributed by atoms with van der Waals surface area (Å²) in [6.07, 6.45) is 3.45. The third kappa shape index (κ3) is 3.00. The van der Waals surface area contributed by atoms with Gasteiger partial charge in [0.2, 0.25) is 0 Å². The standard InChI is InChI=1S/C15H18N4O2S/c1-9-7-19(8-10(2)21-9)15(20)12-11(3)18-14(22-12)13-16-5-4-6-17-13/h4-6,9-10H,7-8H2,1-3H3/t9-,10-/m1/s1. The molecule has 0 radical (unpaired) electrons. The molecule has 2 aromatic rings. The lowest BCUT2D eigenvalue weighted by molar-refractivity contribution is -0.0585. The second-order valence-corrected chi connectivity index (χ2v) is 6.47. The Hall–Kier alpha value is -1.86. The van der Waals surface area contributed by atoms with Crippen LogP contribution in [0.2, 0.25) is 0 Å². The quantitative estimate of drug-likeness (QED) is 0.849. The van der Waals surface area contributed by atoms with Gasteiger partial charge in [0.15, 0.2) is 10.8 Å². The lowest BCUT2D eigenvalue weighted by atomic mass is 10.2. The molecule has 0 unspecified atom stereocenters. The number of amides is 1. The summed E-state index contributed by atoms with van der Waals surface area (Å²) in [5, 5.41) is 0.677. The maximum Gasteiger partial charge on any atom is 0.266 e.